The zero-order valence-corrected chi connectivity index (χ0v) is 11.6. The Labute approximate surface area is 118 Å². The van der Waals surface area contributed by atoms with E-state index in [1.54, 1.807) is 6.07 Å². The molecule has 0 saturated heterocycles. The lowest BCUT2D eigenvalue weighted by Gasteiger charge is -2.11. The van der Waals surface area contributed by atoms with Gasteiger partial charge >= 0.3 is 0 Å². The Morgan fingerprint density at radius 1 is 1.25 bits per heavy atom. The third kappa shape index (κ3) is 2.88. The second-order valence-corrected chi connectivity index (χ2v) is 5.42. The van der Waals surface area contributed by atoms with Crippen LogP contribution in [0.1, 0.15) is 32.1 Å². The smallest absolute Gasteiger partial charge is 0.277 e. The van der Waals surface area contributed by atoms with Crippen molar-refractivity contribution >= 4 is 10.9 Å². The van der Waals surface area contributed by atoms with Gasteiger partial charge in [-0.1, -0.05) is 30.2 Å². The van der Waals surface area contributed by atoms with Crippen molar-refractivity contribution in [2.75, 3.05) is 6.54 Å². The fourth-order valence-corrected chi connectivity index (χ4v) is 2.83. The van der Waals surface area contributed by atoms with Gasteiger partial charge in [-0.25, -0.2) is 4.68 Å². The van der Waals surface area contributed by atoms with Gasteiger partial charge in [0, 0.05) is 12.6 Å². The number of nitrogens with one attached hydrogen (secondary N) is 1. The number of benzene rings is 1. The van der Waals surface area contributed by atoms with Crippen molar-refractivity contribution < 1.29 is 0 Å². The minimum atomic E-state index is -0.0449. The minimum Gasteiger partial charge on any atom is -0.314 e. The summed E-state index contributed by atoms with van der Waals surface area (Å²) in [7, 11) is 0. The standard InChI is InChI=1S/C15H20N4O/c20-15-13-8-3-4-9-14(13)17-18-19(15)11-5-10-16-12-6-1-2-7-12/h3-4,8-9,12,16H,1-2,5-7,10-11H2. The summed E-state index contributed by atoms with van der Waals surface area (Å²) in [6.45, 7) is 1.56. The van der Waals surface area contributed by atoms with Crippen molar-refractivity contribution in [1.82, 2.24) is 20.3 Å². The lowest BCUT2D eigenvalue weighted by molar-refractivity contribution is 0.467. The van der Waals surface area contributed by atoms with Crippen LogP contribution in [0.5, 0.6) is 0 Å². The molecule has 1 heterocycles. The Morgan fingerprint density at radius 3 is 2.90 bits per heavy atom. The number of rotatable bonds is 5. The fourth-order valence-electron chi connectivity index (χ4n) is 2.83. The van der Waals surface area contributed by atoms with Crippen LogP contribution in [-0.4, -0.2) is 27.6 Å². The van der Waals surface area contributed by atoms with Crippen molar-refractivity contribution in [1.29, 1.82) is 0 Å². The summed E-state index contributed by atoms with van der Waals surface area (Å²) in [5, 5.41) is 12.3. The number of fused-ring (bicyclic) bond motifs is 1. The number of hydrogen-bond acceptors (Lipinski definition) is 4. The van der Waals surface area contributed by atoms with E-state index < -0.39 is 0 Å². The van der Waals surface area contributed by atoms with Gasteiger partial charge < -0.3 is 5.32 Å². The Balaban J connectivity index is 1.60. The fraction of sp³-hybridized carbons (Fsp3) is 0.533. The van der Waals surface area contributed by atoms with E-state index in [0.717, 1.165) is 13.0 Å². The summed E-state index contributed by atoms with van der Waals surface area (Å²) in [5.41, 5.74) is 0.620. The Kier molecular flexibility index (Phi) is 4.06. The lowest BCUT2D eigenvalue weighted by Crippen LogP contribution is -2.30. The van der Waals surface area contributed by atoms with Crippen LogP contribution in [0.15, 0.2) is 29.1 Å². The van der Waals surface area contributed by atoms with E-state index in [1.165, 1.54) is 30.4 Å². The van der Waals surface area contributed by atoms with Crippen molar-refractivity contribution in [3.05, 3.63) is 34.6 Å². The number of hydrogen-bond donors (Lipinski definition) is 1. The summed E-state index contributed by atoms with van der Waals surface area (Å²) < 4.78 is 1.47. The molecule has 0 bridgehead atoms. The second-order valence-electron chi connectivity index (χ2n) is 5.42. The molecule has 0 spiro atoms. The molecule has 106 valence electrons. The van der Waals surface area contributed by atoms with E-state index >= 15 is 0 Å². The van der Waals surface area contributed by atoms with E-state index in [-0.39, 0.29) is 5.56 Å². The maximum absolute atomic E-state index is 12.2. The molecule has 1 fully saturated rings. The van der Waals surface area contributed by atoms with Gasteiger partial charge in [0.1, 0.15) is 5.52 Å². The monoisotopic (exact) mass is 272 g/mol. The molecule has 1 saturated carbocycles. The highest BCUT2D eigenvalue weighted by atomic mass is 16.1. The molecule has 0 unspecified atom stereocenters. The maximum Gasteiger partial charge on any atom is 0.277 e. The largest absolute Gasteiger partial charge is 0.314 e. The molecule has 5 heteroatoms. The average Bonchev–Trinajstić information content (AvgIpc) is 2.99. The minimum absolute atomic E-state index is 0.0449. The van der Waals surface area contributed by atoms with Crippen molar-refractivity contribution in [3.63, 3.8) is 0 Å². The predicted octanol–water partition coefficient (Wildman–Crippen LogP) is 1.71. The maximum atomic E-state index is 12.2. The molecule has 0 amide bonds. The zero-order chi connectivity index (χ0) is 13.8. The van der Waals surface area contributed by atoms with Gasteiger partial charge in [0.15, 0.2) is 0 Å². The SMILES string of the molecule is O=c1c2ccccc2nnn1CCCNC1CCCC1. The number of nitrogens with zero attached hydrogens (tertiary/aromatic N) is 3. The molecular formula is C15H20N4O. The third-order valence-electron chi connectivity index (χ3n) is 3.96. The summed E-state index contributed by atoms with van der Waals surface area (Å²) in [6, 6.07) is 8.02. The molecule has 1 aromatic carbocycles. The molecule has 1 aromatic heterocycles. The van der Waals surface area contributed by atoms with Gasteiger partial charge in [-0.3, -0.25) is 4.79 Å². The molecule has 1 aliphatic carbocycles. The first-order chi connectivity index (χ1) is 9.84. The van der Waals surface area contributed by atoms with E-state index in [9.17, 15) is 4.79 Å². The van der Waals surface area contributed by atoms with Crippen LogP contribution in [0.2, 0.25) is 0 Å². The summed E-state index contributed by atoms with van der Waals surface area (Å²) in [6.07, 6.45) is 6.16. The van der Waals surface area contributed by atoms with Crippen LogP contribution in [0.25, 0.3) is 10.9 Å². The zero-order valence-electron chi connectivity index (χ0n) is 11.6. The van der Waals surface area contributed by atoms with Gasteiger partial charge in [-0.05, 0) is 37.9 Å². The van der Waals surface area contributed by atoms with Crippen molar-refractivity contribution in [2.45, 2.75) is 44.7 Å². The highest BCUT2D eigenvalue weighted by Gasteiger charge is 2.13. The van der Waals surface area contributed by atoms with Crippen LogP contribution in [0.3, 0.4) is 0 Å². The van der Waals surface area contributed by atoms with Crippen molar-refractivity contribution in [3.8, 4) is 0 Å². The third-order valence-corrected chi connectivity index (χ3v) is 3.96. The number of aryl methyl sites for hydroxylation is 1. The van der Waals surface area contributed by atoms with Gasteiger partial charge in [-0.15, -0.1) is 5.10 Å². The van der Waals surface area contributed by atoms with Crippen LogP contribution in [0.4, 0.5) is 0 Å². The van der Waals surface area contributed by atoms with Crippen LogP contribution in [-0.2, 0) is 6.54 Å². The molecule has 1 N–H and O–H groups in total. The molecule has 20 heavy (non-hydrogen) atoms. The van der Waals surface area contributed by atoms with Gasteiger partial charge in [0.2, 0.25) is 0 Å². The highest BCUT2D eigenvalue weighted by molar-refractivity contribution is 5.76. The first kappa shape index (κ1) is 13.2. The molecule has 0 atom stereocenters. The van der Waals surface area contributed by atoms with Crippen LogP contribution in [0, 0.1) is 0 Å². The lowest BCUT2D eigenvalue weighted by atomic mass is 10.2. The van der Waals surface area contributed by atoms with Gasteiger partial charge in [0.25, 0.3) is 5.56 Å². The van der Waals surface area contributed by atoms with E-state index in [1.807, 2.05) is 18.2 Å². The molecule has 5 nitrogen and oxygen atoms in total. The summed E-state index contributed by atoms with van der Waals surface area (Å²) in [5.74, 6) is 0. The first-order valence-electron chi connectivity index (χ1n) is 7.40. The molecule has 0 radical (unpaired) electrons. The summed E-state index contributed by atoms with van der Waals surface area (Å²) >= 11 is 0. The highest BCUT2D eigenvalue weighted by Crippen LogP contribution is 2.17. The van der Waals surface area contributed by atoms with Crippen LogP contribution >= 0.6 is 0 Å². The Bertz CT molecular complexity index is 631. The molecular weight excluding hydrogens is 252 g/mol. The molecule has 2 aromatic rings. The average molecular weight is 272 g/mol. The predicted molar refractivity (Wildman–Crippen MR) is 78.7 cm³/mol. The van der Waals surface area contributed by atoms with Gasteiger partial charge in [0.05, 0.1) is 5.39 Å². The molecule has 3 rings (SSSR count). The van der Waals surface area contributed by atoms with Gasteiger partial charge in [-0.2, -0.15) is 0 Å². The van der Waals surface area contributed by atoms with Crippen molar-refractivity contribution in [2.24, 2.45) is 0 Å². The second kappa shape index (κ2) is 6.13. The van der Waals surface area contributed by atoms with Crippen LogP contribution < -0.4 is 10.9 Å². The summed E-state index contributed by atoms with van der Waals surface area (Å²) in [4.78, 5) is 12.2. The first-order valence-corrected chi connectivity index (χ1v) is 7.40. The quantitative estimate of drug-likeness (QED) is 0.842. The Hall–Kier alpha value is -1.75. The molecule has 0 aliphatic heterocycles. The van der Waals surface area contributed by atoms with E-state index in [0.29, 0.717) is 23.5 Å². The van der Waals surface area contributed by atoms with E-state index in [2.05, 4.69) is 15.6 Å². The molecule has 1 aliphatic rings. The Morgan fingerprint density at radius 2 is 2.05 bits per heavy atom. The topological polar surface area (TPSA) is 59.8 Å². The normalized spacial score (nSPS) is 16.0. The number of aromatic nitrogens is 3. The van der Waals surface area contributed by atoms with E-state index in [4.69, 9.17) is 0 Å².